The number of carbonyl (C=O) groups excluding carboxylic acids is 1. The van der Waals surface area contributed by atoms with Crippen molar-refractivity contribution < 1.29 is 4.79 Å². The van der Waals surface area contributed by atoms with Gasteiger partial charge in [0.25, 0.3) is 0 Å². The second-order valence-electron chi connectivity index (χ2n) is 4.08. The highest BCUT2D eigenvalue weighted by Crippen LogP contribution is 2.31. The molecule has 1 unspecified atom stereocenters. The number of thiophene rings is 1. The molecule has 0 aliphatic rings. The lowest BCUT2D eigenvalue weighted by atomic mass is 10.4. The summed E-state index contributed by atoms with van der Waals surface area (Å²) in [5.41, 5.74) is 0.949. The van der Waals surface area contributed by atoms with Crippen molar-refractivity contribution in [1.82, 2.24) is 14.9 Å². The summed E-state index contributed by atoms with van der Waals surface area (Å²) < 4.78 is 1.06. The Balaban J connectivity index is 2.16. The summed E-state index contributed by atoms with van der Waals surface area (Å²) in [5, 5.41) is 2.77. The van der Waals surface area contributed by atoms with E-state index in [0.29, 0.717) is 0 Å². The molecule has 0 aromatic carbocycles. The minimum atomic E-state index is -0.125. The van der Waals surface area contributed by atoms with E-state index >= 15 is 0 Å². The number of aromatic nitrogens is 2. The minimum Gasteiger partial charge on any atom is -0.342 e. The number of nitrogens with zero attached hydrogens (tertiary/aromatic N) is 3. The van der Waals surface area contributed by atoms with Crippen LogP contribution in [0.3, 0.4) is 0 Å². The van der Waals surface area contributed by atoms with Crippen LogP contribution in [-0.2, 0) is 4.79 Å². The molecule has 0 aliphatic carbocycles. The third kappa shape index (κ3) is 3.06. The van der Waals surface area contributed by atoms with E-state index in [9.17, 15) is 4.79 Å². The van der Waals surface area contributed by atoms with Crippen molar-refractivity contribution in [2.45, 2.75) is 31.0 Å². The van der Waals surface area contributed by atoms with Crippen molar-refractivity contribution in [2.75, 3.05) is 13.1 Å². The van der Waals surface area contributed by atoms with Gasteiger partial charge < -0.3 is 4.90 Å². The highest BCUT2D eigenvalue weighted by Gasteiger charge is 2.21. The van der Waals surface area contributed by atoms with Crippen molar-refractivity contribution in [3.8, 4) is 0 Å². The molecular formula is C13H17N3OS2. The Kier molecular flexibility index (Phi) is 4.76. The standard InChI is InChI=1S/C13H17N3OS2/c1-4-16(5-2)13(17)9(3)19-12-11-10(6-7-18-11)14-8-15-12/h6-9H,4-5H2,1-3H3. The van der Waals surface area contributed by atoms with Crippen LogP contribution in [0.1, 0.15) is 20.8 Å². The fraction of sp³-hybridized carbons (Fsp3) is 0.462. The van der Waals surface area contributed by atoms with E-state index in [1.54, 1.807) is 17.7 Å². The summed E-state index contributed by atoms with van der Waals surface area (Å²) in [6, 6.07) is 1.97. The van der Waals surface area contributed by atoms with Gasteiger partial charge in [0.05, 0.1) is 15.5 Å². The van der Waals surface area contributed by atoms with Crippen molar-refractivity contribution in [1.29, 1.82) is 0 Å². The molecule has 0 spiro atoms. The number of fused-ring (bicyclic) bond motifs is 1. The first-order valence-electron chi connectivity index (χ1n) is 6.31. The summed E-state index contributed by atoms with van der Waals surface area (Å²) in [6.45, 7) is 7.44. The van der Waals surface area contributed by atoms with Crippen LogP contribution in [0.15, 0.2) is 22.8 Å². The second kappa shape index (κ2) is 6.34. The van der Waals surface area contributed by atoms with E-state index in [-0.39, 0.29) is 11.2 Å². The molecule has 2 aromatic rings. The molecule has 6 heteroatoms. The molecule has 0 bridgehead atoms. The van der Waals surface area contributed by atoms with E-state index in [0.717, 1.165) is 28.3 Å². The summed E-state index contributed by atoms with van der Waals surface area (Å²) in [5.74, 6) is 0.165. The van der Waals surface area contributed by atoms with Crippen LogP contribution in [-0.4, -0.2) is 39.1 Å². The predicted octanol–water partition coefficient (Wildman–Crippen LogP) is 3.04. The van der Waals surface area contributed by atoms with Gasteiger partial charge in [-0.25, -0.2) is 9.97 Å². The first-order valence-corrected chi connectivity index (χ1v) is 8.07. The average Bonchev–Trinajstić information content (AvgIpc) is 2.89. The Morgan fingerprint density at radius 2 is 2.16 bits per heavy atom. The fourth-order valence-corrected chi connectivity index (χ4v) is 3.78. The molecular weight excluding hydrogens is 278 g/mol. The van der Waals surface area contributed by atoms with Crippen molar-refractivity contribution in [2.24, 2.45) is 0 Å². The average molecular weight is 295 g/mol. The van der Waals surface area contributed by atoms with Gasteiger partial charge in [-0.2, -0.15) is 0 Å². The topological polar surface area (TPSA) is 46.1 Å². The van der Waals surface area contributed by atoms with Gasteiger partial charge in [0, 0.05) is 13.1 Å². The summed E-state index contributed by atoms with van der Waals surface area (Å²) in [4.78, 5) is 22.6. The smallest absolute Gasteiger partial charge is 0.235 e. The lowest BCUT2D eigenvalue weighted by Crippen LogP contribution is -2.36. The van der Waals surface area contributed by atoms with Crippen molar-refractivity contribution >= 4 is 39.2 Å². The molecule has 102 valence electrons. The SMILES string of the molecule is CCN(CC)C(=O)C(C)Sc1ncnc2ccsc12. The summed E-state index contributed by atoms with van der Waals surface area (Å²) >= 11 is 3.13. The molecule has 1 atom stereocenters. The highest BCUT2D eigenvalue weighted by molar-refractivity contribution is 8.00. The highest BCUT2D eigenvalue weighted by atomic mass is 32.2. The second-order valence-corrected chi connectivity index (χ2v) is 6.33. The number of thioether (sulfide) groups is 1. The normalized spacial score (nSPS) is 12.6. The van der Waals surface area contributed by atoms with Crippen LogP contribution >= 0.6 is 23.1 Å². The van der Waals surface area contributed by atoms with E-state index in [1.165, 1.54) is 11.8 Å². The van der Waals surface area contributed by atoms with Gasteiger partial charge in [-0.05, 0) is 32.2 Å². The van der Waals surface area contributed by atoms with Gasteiger partial charge in [0.15, 0.2) is 0 Å². The quantitative estimate of drug-likeness (QED) is 0.628. The van der Waals surface area contributed by atoms with Gasteiger partial charge in [0.2, 0.25) is 5.91 Å². The third-order valence-electron chi connectivity index (χ3n) is 2.92. The van der Waals surface area contributed by atoms with E-state index in [2.05, 4.69) is 9.97 Å². The number of amides is 1. The van der Waals surface area contributed by atoms with E-state index in [4.69, 9.17) is 0 Å². The number of hydrogen-bond donors (Lipinski definition) is 0. The zero-order valence-corrected chi connectivity index (χ0v) is 12.9. The van der Waals surface area contributed by atoms with Crippen LogP contribution in [0.5, 0.6) is 0 Å². The van der Waals surface area contributed by atoms with Crippen molar-refractivity contribution in [3.63, 3.8) is 0 Å². The Hall–Kier alpha value is -1.14. The predicted molar refractivity (Wildman–Crippen MR) is 80.7 cm³/mol. The van der Waals surface area contributed by atoms with Crippen LogP contribution in [0.4, 0.5) is 0 Å². The zero-order chi connectivity index (χ0) is 13.8. The molecule has 4 nitrogen and oxygen atoms in total. The molecule has 2 heterocycles. The van der Waals surface area contributed by atoms with Crippen LogP contribution in [0.2, 0.25) is 0 Å². The molecule has 0 aliphatic heterocycles. The summed E-state index contributed by atoms with van der Waals surface area (Å²) in [7, 11) is 0. The maximum atomic E-state index is 12.2. The first kappa shape index (κ1) is 14.3. The number of hydrogen-bond acceptors (Lipinski definition) is 5. The third-order valence-corrected chi connectivity index (χ3v) is 5.05. The zero-order valence-electron chi connectivity index (χ0n) is 11.3. The molecule has 0 N–H and O–H groups in total. The number of rotatable bonds is 5. The van der Waals surface area contributed by atoms with Gasteiger partial charge in [-0.1, -0.05) is 11.8 Å². The first-order chi connectivity index (χ1) is 9.17. The maximum absolute atomic E-state index is 12.2. The molecule has 0 saturated carbocycles. The lowest BCUT2D eigenvalue weighted by Gasteiger charge is -2.22. The van der Waals surface area contributed by atoms with Crippen LogP contribution < -0.4 is 0 Å². The van der Waals surface area contributed by atoms with Gasteiger partial charge in [0.1, 0.15) is 11.4 Å². The van der Waals surface area contributed by atoms with E-state index < -0.39 is 0 Å². The molecule has 2 aromatic heterocycles. The molecule has 2 rings (SSSR count). The lowest BCUT2D eigenvalue weighted by molar-refractivity contribution is -0.129. The van der Waals surface area contributed by atoms with Gasteiger partial charge in [-0.15, -0.1) is 11.3 Å². The Morgan fingerprint density at radius 1 is 1.42 bits per heavy atom. The van der Waals surface area contributed by atoms with Gasteiger partial charge >= 0.3 is 0 Å². The monoisotopic (exact) mass is 295 g/mol. The maximum Gasteiger partial charge on any atom is 0.235 e. The molecule has 0 radical (unpaired) electrons. The van der Waals surface area contributed by atoms with Crippen LogP contribution in [0.25, 0.3) is 10.2 Å². The Morgan fingerprint density at radius 3 is 2.84 bits per heavy atom. The molecule has 19 heavy (non-hydrogen) atoms. The molecule has 1 amide bonds. The van der Waals surface area contributed by atoms with Gasteiger partial charge in [-0.3, -0.25) is 4.79 Å². The number of carbonyl (C=O) groups is 1. The summed E-state index contributed by atoms with van der Waals surface area (Å²) in [6.07, 6.45) is 1.56. The Labute approximate surface area is 121 Å². The largest absolute Gasteiger partial charge is 0.342 e. The van der Waals surface area contributed by atoms with Crippen molar-refractivity contribution in [3.05, 3.63) is 17.8 Å². The molecule has 0 saturated heterocycles. The fourth-order valence-electron chi connectivity index (χ4n) is 1.86. The van der Waals surface area contributed by atoms with E-state index in [1.807, 2.05) is 37.1 Å². The molecule has 0 fully saturated rings. The Bertz CT molecular complexity index is 566. The van der Waals surface area contributed by atoms with Crippen LogP contribution in [0, 0.1) is 0 Å². The minimum absolute atomic E-state index is 0.125.